The molecule has 5 nitrogen and oxygen atoms in total. The van der Waals surface area contributed by atoms with Crippen molar-refractivity contribution in [2.75, 3.05) is 0 Å². The Balaban J connectivity index is 2.82. The highest BCUT2D eigenvalue weighted by Crippen LogP contribution is 2.38. The van der Waals surface area contributed by atoms with E-state index in [2.05, 4.69) is 0 Å². The summed E-state index contributed by atoms with van der Waals surface area (Å²) < 4.78 is 0. The number of carboxylic acid groups (broad SMARTS) is 2. The second-order valence-corrected chi connectivity index (χ2v) is 3.72. The fourth-order valence-corrected chi connectivity index (χ4v) is 1.82. The standard InChI is InChI=1S/C8H13NO4/c1-4-2-5(6(10)11)3-8(4,9)7(12)13/h4-5H,2-3,9H2,1H3,(H,10,11)(H,12,13). The summed E-state index contributed by atoms with van der Waals surface area (Å²) in [5, 5.41) is 17.5. The lowest BCUT2D eigenvalue weighted by atomic mass is 9.90. The van der Waals surface area contributed by atoms with Gasteiger partial charge in [0.2, 0.25) is 0 Å². The Hall–Kier alpha value is -1.10. The maximum absolute atomic E-state index is 10.8. The van der Waals surface area contributed by atoms with Gasteiger partial charge in [-0.15, -0.1) is 0 Å². The summed E-state index contributed by atoms with van der Waals surface area (Å²) in [5.74, 6) is -2.97. The lowest BCUT2D eigenvalue weighted by Crippen LogP contribution is -2.50. The molecule has 1 rings (SSSR count). The fraction of sp³-hybridized carbons (Fsp3) is 0.750. The first-order valence-corrected chi connectivity index (χ1v) is 4.13. The molecule has 0 heterocycles. The van der Waals surface area contributed by atoms with Gasteiger partial charge in [0.25, 0.3) is 0 Å². The summed E-state index contributed by atoms with van der Waals surface area (Å²) in [6.07, 6.45) is 0.372. The maximum atomic E-state index is 10.8. The number of carbonyl (C=O) groups is 2. The molecule has 4 N–H and O–H groups in total. The first-order chi connectivity index (χ1) is 5.88. The Morgan fingerprint density at radius 1 is 1.46 bits per heavy atom. The molecule has 1 fully saturated rings. The molecule has 0 aromatic carbocycles. The van der Waals surface area contributed by atoms with Crippen LogP contribution in [0.3, 0.4) is 0 Å². The Kier molecular flexibility index (Phi) is 2.30. The zero-order chi connectivity index (χ0) is 10.2. The highest BCUT2D eigenvalue weighted by atomic mass is 16.4. The molecule has 0 bridgehead atoms. The van der Waals surface area contributed by atoms with Crippen LogP contribution in [0.1, 0.15) is 19.8 Å². The minimum atomic E-state index is -1.36. The van der Waals surface area contributed by atoms with Crippen LogP contribution in [-0.4, -0.2) is 27.7 Å². The number of rotatable bonds is 2. The predicted octanol–water partition coefficient (Wildman–Crippen LogP) is -0.101. The Morgan fingerprint density at radius 3 is 2.23 bits per heavy atom. The number of nitrogens with two attached hydrogens (primary N) is 1. The van der Waals surface area contributed by atoms with Crippen molar-refractivity contribution in [1.29, 1.82) is 0 Å². The van der Waals surface area contributed by atoms with Gasteiger partial charge in [0, 0.05) is 0 Å². The van der Waals surface area contributed by atoms with Crippen molar-refractivity contribution in [1.82, 2.24) is 0 Å². The van der Waals surface area contributed by atoms with Crippen LogP contribution in [0, 0.1) is 11.8 Å². The molecule has 0 saturated heterocycles. The topological polar surface area (TPSA) is 101 Å². The molecule has 3 atom stereocenters. The van der Waals surface area contributed by atoms with Crippen LogP contribution in [0.5, 0.6) is 0 Å². The van der Waals surface area contributed by atoms with Gasteiger partial charge >= 0.3 is 11.9 Å². The Morgan fingerprint density at radius 2 is 2.00 bits per heavy atom. The molecule has 0 aromatic heterocycles. The molecule has 74 valence electrons. The molecule has 1 saturated carbocycles. The average molecular weight is 187 g/mol. The normalized spacial score (nSPS) is 38.9. The van der Waals surface area contributed by atoms with E-state index in [1.54, 1.807) is 6.92 Å². The summed E-state index contributed by atoms with van der Waals surface area (Å²) >= 11 is 0. The Bertz CT molecular complexity index is 253. The van der Waals surface area contributed by atoms with Gasteiger partial charge < -0.3 is 15.9 Å². The van der Waals surface area contributed by atoms with Crippen molar-refractivity contribution in [2.24, 2.45) is 17.6 Å². The van der Waals surface area contributed by atoms with Crippen molar-refractivity contribution in [3.63, 3.8) is 0 Å². The zero-order valence-corrected chi connectivity index (χ0v) is 7.36. The van der Waals surface area contributed by atoms with Crippen LogP contribution < -0.4 is 5.73 Å². The van der Waals surface area contributed by atoms with E-state index < -0.39 is 23.4 Å². The summed E-state index contributed by atoms with van der Waals surface area (Å²) in [7, 11) is 0. The molecule has 0 spiro atoms. The summed E-state index contributed by atoms with van der Waals surface area (Å²) in [6.45, 7) is 1.68. The van der Waals surface area contributed by atoms with Gasteiger partial charge in [0.05, 0.1) is 5.92 Å². The first kappa shape index (κ1) is 9.98. The number of carboxylic acids is 2. The maximum Gasteiger partial charge on any atom is 0.323 e. The van der Waals surface area contributed by atoms with E-state index in [0.717, 1.165) is 0 Å². The third-order valence-corrected chi connectivity index (χ3v) is 2.85. The third-order valence-electron chi connectivity index (χ3n) is 2.85. The molecule has 0 amide bonds. The van der Waals surface area contributed by atoms with Gasteiger partial charge in [-0.1, -0.05) is 6.92 Å². The number of hydrogen-bond acceptors (Lipinski definition) is 3. The van der Waals surface area contributed by atoms with E-state index in [1.165, 1.54) is 0 Å². The van der Waals surface area contributed by atoms with E-state index in [9.17, 15) is 9.59 Å². The number of aliphatic carboxylic acids is 2. The minimum Gasteiger partial charge on any atom is -0.481 e. The van der Waals surface area contributed by atoms with E-state index in [0.29, 0.717) is 6.42 Å². The molecule has 0 aromatic rings. The minimum absolute atomic E-state index is 0.0266. The van der Waals surface area contributed by atoms with E-state index in [1.807, 2.05) is 0 Å². The lowest BCUT2D eigenvalue weighted by Gasteiger charge is -2.22. The van der Waals surface area contributed by atoms with Gasteiger partial charge in [-0.05, 0) is 18.8 Å². The van der Waals surface area contributed by atoms with Gasteiger partial charge in [-0.2, -0.15) is 0 Å². The van der Waals surface area contributed by atoms with Crippen LogP contribution >= 0.6 is 0 Å². The van der Waals surface area contributed by atoms with Gasteiger partial charge in [0.1, 0.15) is 5.54 Å². The predicted molar refractivity (Wildman–Crippen MR) is 44.1 cm³/mol. The third kappa shape index (κ3) is 1.51. The van der Waals surface area contributed by atoms with Crippen molar-refractivity contribution >= 4 is 11.9 Å². The van der Waals surface area contributed by atoms with Crippen molar-refractivity contribution < 1.29 is 19.8 Å². The molecule has 1 aliphatic carbocycles. The van der Waals surface area contributed by atoms with Crippen molar-refractivity contribution in [3.05, 3.63) is 0 Å². The monoisotopic (exact) mass is 187 g/mol. The molecule has 5 heteroatoms. The molecule has 13 heavy (non-hydrogen) atoms. The second kappa shape index (κ2) is 2.99. The van der Waals surface area contributed by atoms with Crippen LogP contribution in [0.25, 0.3) is 0 Å². The summed E-state index contributed by atoms with van der Waals surface area (Å²) in [4.78, 5) is 21.4. The van der Waals surface area contributed by atoms with Crippen molar-refractivity contribution in [3.8, 4) is 0 Å². The van der Waals surface area contributed by atoms with Gasteiger partial charge in [0.15, 0.2) is 0 Å². The fourth-order valence-electron chi connectivity index (χ4n) is 1.82. The molecule has 1 aliphatic rings. The quantitative estimate of drug-likeness (QED) is 0.560. The van der Waals surface area contributed by atoms with Crippen LogP contribution in [0.4, 0.5) is 0 Å². The van der Waals surface area contributed by atoms with Crippen LogP contribution in [0.2, 0.25) is 0 Å². The van der Waals surface area contributed by atoms with Gasteiger partial charge in [-0.3, -0.25) is 9.59 Å². The summed E-state index contributed by atoms with van der Waals surface area (Å²) in [5.41, 5.74) is 4.25. The van der Waals surface area contributed by atoms with Crippen LogP contribution in [0.15, 0.2) is 0 Å². The molecule has 3 unspecified atom stereocenters. The largest absolute Gasteiger partial charge is 0.481 e. The average Bonchev–Trinajstić information content (AvgIpc) is 2.30. The van der Waals surface area contributed by atoms with Crippen molar-refractivity contribution in [2.45, 2.75) is 25.3 Å². The molecule has 0 aliphatic heterocycles. The van der Waals surface area contributed by atoms with Crippen LogP contribution in [-0.2, 0) is 9.59 Å². The SMILES string of the molecule is CC1CC(C(=O)O)CC1(N)C(=O)O. The Labute approximate surface area is 75.5 Å². The highest BCUT2D eigenvalue weighted by Gasteiger charge is 2.50. The van der Waals surface area contributed by atoms with E-state index in [-0.39, 0.29) is 12.3 Å². The summed E-state index contributed by atoms with van der Waals surface area (Å²) in [6, 6.07) is 0. The first-order valence-electron chi connectivity index (χ1n) is 4.13. The lowest BCUT2D eigenvalue weighted by molar-refractivity contribution is -0.145. The highest BCUT2D eigenvalue weighted by molar-refractivity contribution is 5.82. The molecular formula is C8H13NO4. The molecular weight excluding hydrogens is 174 g/mol. The number of hydrogen-bond donors (Lipinski definition) is 3. The second-order valence-electron chi connectivity index (χ2n) is 3.72. The zero-order valence-electron chi connectivity index (χ0n) is 7.36. The van der Waals surface area contributed by atoms with E-state index >= 15 is 0 Å². The van der Waals surface area contributed by atoms with E-state index in [4.69, 9.17) is 15.9 Å². The molecule has 0 radical (unpaired) electrons. The van der Waals surface area contributed by atoms with Gasteiger partial charge in [-0.25, -0.2) is 0 Å². The smallest absolute Gasteiger partial charge is 0.323 e.